The summed E-state index contributed by atoms with van der Waals surface area (Å²) in [6.07, 6.45) is 8.49. The summed E-state index contributed by atoms with van der Waals surface area (Å²) in [6, 6.07) is 0.710. The topological polar surface area (TPSA) is 12.0 Å². The first-order chi connectivity index (χ1) is 7.58. The third-order valence-electron chi connectivity index (χ3n) is 4.07. The van der Waals surface area contributed by atoms with E-state index in [9.17, 15) is 0 Å². The summed E-state index contributed by atoms with van der Waals surface area (Å²) in [6.45, 7) is 10.6. The van der Waals surface area contributed by atoms with Crippen LogP contribution in [0.2, 0.25) is 0 Å². The van der Waals surface area contributed by atoms with Gasteiger partial charge in [0.2, 0.25) is 0 Å². The lowest BCUT2D eigenvalue weighted by molar-refractivity contribution is 0.272. The van der Waals surface area contributed by atoms with Gasteiger partial charge in [0, 0.05) is 6.04 Å². The van der Waals surface area contributed by atoms with Crippen molar-refractivity contribution >= 4 is 0 Å². The van der Waals surface area contributed by atoms with Crippen molar-refractivity contribution in [2.45, 2.75) is 72.3 Å². The Hall–Kier alpha value is -0.0400. The summed E-state index contributed by atoms with van der Waals surface area (Å²) in [5.41, 5.74) is 0. The van der Waals surface area contributed by atoms with Crippen LogP contribution >= 0.6 is 0 Å². The molecule has 1 nitrogen and oxygen atoms in total. The summed E-state index contributed by atoms with van der Waals surface area (Å²) in [5, 5.41) is 3.72. The van der Waals surface area contributed by atoms with E-state index in [1.807, 2.05) is 0 Å². The Bertz CT molecular complexity index is 168. The van der Waals surface area contributed by atoms with Crippen molar-refractivity contribution in [1.29, 1.82) is 0 Å². The van der Waals surface area contributed by atoms with Gasteiger partial charge >= 0.3 is 0 Å². The minimum atomic E-state index is 0.710. The van der Waals surface area contributed by atoms with Crippen LogP contribution in [0.1, 0.15) is 66.2 Å². The molecule has 1 atom stereocenters. The fraction of sp³-hybridized carbons (Fsp3) is 1.00. The molecule has 16 heavy (non-hydrogen) atoms. The van der Waals surface area contributed by atoms with Crippen molar-refractivity contribution in [3.8, 4) is 0 Å². The number of hydrogen-bond acceptors (Lipinski definition) is 1. The molecule has 1 fully saturated rings. The maximum Gasteiger partial charge on any atom is 0.00389 e. The highest BCUT2D eigenvalue weighted by atomic mass is 14.9. The van der Waals surface area contributed by atoms with Crippen molar-refractivity contribution < 1.29 is 0 Å². The van der Waals surface area contributed by atoms with Gasteiger partial charge in [-0.3, -0.25) is 0 Å². The maximum absolute atomic E-state index is 3.72. The third kappa shape index (κ3) is 5.89. The Balaban J connectivity index is 2.05. The van der Waals surface area contributed by atoms with E-state index in [-0.39, 0.29) is 0 Å². The molecule has 1 unspecified atom stereocenters. The van der Waals surface area contributed by atoms with E-state index >= 15 is 0 Å². The van der Waals surface area contributed by atoms with Gasteiger partial charge in [0.25, 0.3) is 0 Å². The molecule has 0 spiro atoms. The SMILES string of the molecule is CC(C)CCC(C)NCC1CCC(C)CC1. The fourth-order valence-electron chi connectivity index (χ4n) is 2.59. The monoisotopic (exact) mass is 225 g/mol. The molecule has 1 aliphatic rings. The average Bonchev–Trinajstić information content (AvgIpc) is 2.25. The zero-order valence-electron chi connectivity index (χ0n) is 11.8. The molecule has 0 heterocycles. The number of hydrogen-bond donors (Lipinski definition) is 1. The van der Waals surface area contributed by atoms with Crippen LogP contribution < -0.4 is 5.32 Å². The maximum atomic E-state index is 3.72. The molecule has 0 aromatic carbocycles. The Kier molecular flexibility index (Phi) is 6.41. The molecular formula is C15H31N. The first kappa shape index (κ1) is 14.0. The molecule has 1 rings (SSSR count). The van der Waals surface area contributed by atoms with Crippen LogP contribution in [0, 0.1) is 17.8 Å². The van der Waals surface area contributed by atoms with Crippen molar-refractivity contribution in [1.82, 2.24) is 5.32 Å². The minimum absolute atomic E-state index is 0.710. The standard InChI is InChI=1S/C15H31N/c1-12(2)5-8-14(4)16-11-15-9-6-13(3)7-10-15/h12-16H,5-11H2,1-4H3. The molecule has 0 radical (unpaired) electrons. The lowest BCUT2D eigenvalue weighted by Gasteiger charge is -2.27. The Morgan fingerprint density at radius 3 is 2.19 bits per heavy atom. The lowest BCUT2D eigenvalue weighted by Crippen LogP contribution is -2.32. The van der Waals surface area contributed by atoms with E-state index in [1.165, 1.54) is 45.1 Å². The zero-order chi connectivity index (χ0) is 12.0. The van der Waals surface area contributed by atoms with Crippen molar-refractivity contribution in [2.75, 3.05) is 6.54 Å². The summed E-state index contributed by atoms with van der Waals surface area (Å²) < 4.78 is 0. The van der Waals surface area contributed by atoms with Gasteiger partial charge in [-0.1, -0.05) is 33.6 Å². The summed E-state index contributed by atoms with van der Waals surface area (Å²) in [5.74, 6) is 2.78. The zero-order valence-corrected chi connectivity index (χ0v) is 11.8. The second-order valence-electron chi connectivity index (χ2n) is 6.41. The highest BCUT2D eigenvalue weighted by molar-refractivity contribution is 4.73. The summed E-state index contributed by atoms with van der Waals surface area (Å²) in [7, 11) is 0. The highest BCUT2D eigenvalue weighted by Gasteiger charge is 2.18. The second-order valence-corrected chi connectivity index (χ2v) is 6.41. The van der Waals surface area contributed by atoms with Crippen LogP contribution in [0.25, 0.3) is 0 Å². The van der Waals surface area contributed by atoms with Gasteiger partial charge in [0.05, 0.1) is 0 Å². The molecule has 0 aromatic heterocycles. The first-order valence-electron chi connectivity index (χ1n) is 7.31. The number of nitrogens with one attached hydrogen (secondary N) is 1. The van der Waals surface area contributed by atoms with Crippen LogP contribution in [-0.2, 0) is 0 Å². The average molecular weight is 225 g/mol. The van der Waals surface area contributed by atoms with Crippen molar-refractivity contribution in [3.05, 3.63) is 0 Å². The molecular weight excluding hydrogens is 194 g/mol. The van der Waals surface area contributed by atoms with E-state index in [1.54, 1.807) is 0 Å². The Labute approximate surface area is 102 Å². The predicted octanol–water partition coefficient (Wildman–Crippen LogP) is 4.23. The summed E-state index contributed by atoms with van der Waals surface area (Å²) in [4.78, 5) is 0. The van der Waals surface area contributed by atoms with Gasteiger partial charge in [0.1, 0.15) is 0 Å². The highest BCUT2D eigenvalue weighted by Crippen LogP contribution is 2.27. The normalized spacial score (nSPS) is 28.3. The van der Waals surface area contributed by atoms with E-state index in [2.05, 4.69) is 33.0 Å². The Morgan fingerprint density at radius 2 is 1.62 bits per heavy atom. The quantitative estimate of drug-likeness (QED) is 0.713. The van der Waals surface area contributed by atoms with Crippen molar-refractivity contribution in [2.24, 2.45) is 17.8 Å². The molecule has 0 aliphatic heterocycles. The molecule has 1 heteroatoms. The Morgan fingerprint density at radius 1 is 1.00 bits per heavy atom. The molecule has 1 N–H and O–H groups in total. The van der Waals surface area contributed by atoms with E-state index in [0.29, 0.717) is 6.04 Å². The molecule has 0 saturated heterocycles. The largest absolute Gasteiger partial charge is 0.314 e. The van der Waals surface area contributed by atoms with Crippen LogP contribution in [0.4, 0.5) is 0 Å². The van der Waals surface area contributed by atoms with Crippen LogP contribution in [-0.4, -0.2) is 12.6 Å². The van der Waals surface area contributed by atoms with Gasteiger partial charge < -0.3 is 5.32 Å². The third-order valence-corrected chi connectivity index (χ3v) is 4.07. The first-order valence-corrected chi connectivity index (χ1v) is 7.31. The van der Waals surface area contributed by atoms with Crippen LogP contribution in [0.15, 0.2) is 0 Å². The minimum Gasteiger partial charge on any atom is -0.314 e. The molecule has 0 bridgehead atoms. The van der Waals surface area contributed by atoms with Crippen LogP contribution in [0.5, 0.6) is 0 Å². The van der Waals surface area contributed by atoms with E-state index < -0.39 is 0 Å². The van der Waals surface area contributed by atoms with Crippen LogP contribution in [0.3, 0.4) is 0 Å². The van der Waals surface area contributed by atoms with E-state index in [4.69, 9.17) is 0 Å². The summed E-state index contributed by atoms with van der Waals surface area (Å²) >= 11 is 0. The van der Waals surface area contributed by atoms with Gasteiger partial charge in [-0.25, -0.2) is 0 Å². The smallest absolute Gasteiger partial charge is 0.00389 e. The molecule has 1 saturated carbocycles. The lowest BCUT2D eigenvalue weighted by atomic mass is 9.83. The molecule has 1 aliphatic carbocycles. The van der Waals surface area contributed by atoms with Gasteiger partial charge in [-0.2, -0.15) is 0 Å². The van der Waals surface area contributed by atoms with Gasteiger partial charge in [-0.05, 0) is 56.9 Å². The predicted molar refractivity (Wildman–Crippen MR) is 72.7 cm³/mol. The molecule has 0 aromatic rings. The second kappa shape index (κ2) is 7.32. The molecule has 96 valence electrons. The van der Waals surface area contributed by atoms with E-state index in [0.717, 1.165) is 17.8 Å². The van der Waals surface area contributed by atoms with Gasteiger partial charge in [0.15, 0.2) is 0 Å². The van der Waals surface area contributed by atoms with Gasteiger partial charge in [-0.15, -0.1) is 0 Å². The molecule has 0 amide bonds. The van der Waals surface area contributed by atoms with Crippen molar-refractivity contribution in [3.63, 3.8) is 0 Å². The number of rotatable bonds is 6. The fourth-order valence-corrected chi connectivity index (χ4v) is 2.59.